The summed E-state index contributed by atoms with van der Waals surface area (Å²) in [5.74, 6) is 0. The molecule has 1 aliphatic rings. The van der Waals surface area contributed by atoms with E-state index >= 15 is 0 Å². The van der Waals surface area contributed by atoms with Crippen molar-refractivity contribution in [3.63, 3.8) is 0 Å². The summed E-state index contributed by atoms with van der Waals surface area (Å²) >= 11 is 5.98. The highest BCUT2D eigenvalue weighted by molar-refractivity contribution is 6.30. The molecule has 0 aliphatic carbocycles. The van der Waals surface area contributed by atoms with Crippen molar-refractivity contribution in [2.75, 3.05) is 6.54 Å². The third-order valence-corrected chi connectivity index (χ3v) is 3.26. The Morgan fingerprint density at radius 1 is 1.53 bits per heavy atom. The molecule has 0 saturated heterocycles. The maximum atomic E-state index is 5.98. The molecule has 2 unspecified atom stereocenters. The minimum atomic E-state index is 0.293. The number of hydrogen-bond acceptors (Lipinski definition) is 2. The van der Waals surface area contributed by atoms with E-state index in [-0.39, 0.29) is 0 Å². The van der Waals surface area contributed by atoms with Crippen molar-refractivity contribution in [2.45, 2.75) is 31.9 Å². The molecule has 3 heteroatoms. The molecule has 0 amide bonds. The Labute approximate surface area is 108 Å². The average Bonchev–Trinajstić information content (AvgIpc) is 2.37. The van der Waals surface area contributed by atoms with Gasteiger partial charge in [-0.2, -0.15) is 0 Å². The Kier molecular flexibility index (Phi) is 4.46. The number of nitrogens with one attached hydrogen (secondary N) is 1. The van der Waals surface area contributed by atoms with Gasteiger partial charge in [-0.1, -0.05) is 23.7 Å². The van der Waals surface area contributed by atoms with Crippen LogP contribution in [0.15, 0.2) is 36.6 Å². The van der Waals surface area contributed by atoms with Gasteiger partial charge < -0.3 is 10.1 Å². The molecule has 0 bridgehead atoms. The molecule has 1 aliphatic heterocycles. The summed E-state index contributed by atoms with van der Waals surface area (Å²) in [4.78, 5) is 0. The van der Waals surface area contributed by atoms with Crippen molar-refractivity contribution in [3.8, 4) is 0 Å². The Morgan fingerprint density at radius 2 is 2.41 bits per heavy atom. The summed E-state index contributed by atoms with van der Waals surface area (Å²) < 4.78 is 5.52. The van der Waals surface area contributed by atoms with E-state index in [0.717, 1.165) is 24.4 Å². The van der Waals surface area contributed by atoms with E-state index in [1.807, 2.05) is 18.2 Å². The number of benzene rings is 1. The van der Waals surface area contributed by atoms with Gasteiger partial charge in [0.2, 0.25) is 0 Å². The molecule has 0 aromatic heterocycles. The fraction of sp³-hybridized carbons (Fsp3) is 0.429. The Bertz CT molecular complexity index is 392. The van der Waals surface area contributed by atoms with Gasteiger partial charge in [-0.25, -0.2) is 0 Å². The quantitative estimate of drug-likeness (QED) is 0.881. The molecule has 1 heterocycles. The molecule has 2 rings (SSSR count). The molecule has 1 aromatic carbocycles. The van der Waals surface area contributed by atoms with Crippen LogP contribution in [-0.2, 0) is 4.74 Å². The zero-order valence-corrected chi connectivity index (χ0v) is 10.8. The fourth-order valence-corrected chi connectivity index (χ4v) is 2.14. The molecule has 0 spiro atoms. The number of halogens is 1. The van der Waals surface area contributed by atoms with Gasteiger partial charge in [-0.3, -0.25) is 0 Å². The van der Waals surface area contributed by atoms with Gasteiger partial charge in [0, 0.05) is 17.6 Å². The van der Waals surface area contributed by atoms with Crippen LogP contribution in [0.2, 0.25) is 5.02 Å². The molecule has 2 atom stereocenters. The molecule has 2 nitrogen and oxygen atoms in total. The van der Waals surface area contributed by atoms with E-state index in [4.69, 9.17) is 16.3 Å². The lowest BCUT2D eigenvalue weighted by Gasteiger charge is -2.22. The van der Waals surface area contributed by atoms with Crippen LogP contribution in [0, 0.1) is 0 Å². The maximum absolute atomic E-state index is 5.98. The van der Waals surface area contributed by atoms with E-state index in [1.165, 1.54) is 5.56 Å². The monoisotopic (exact) mass is 251 g/mol. The third kappa shape index (κ3) is 3.76. The van der Waals surface area contributed by atoms with Crippen molar-refractivity contribution in [2.24, 2.45) is 0 Å². The van der Waals surface area contributed by atoms with Crippen molar-refractivity contribution in [1.29, 1.82) is 0 Å². The zero-order chi connectivity index (χ0) is 12.1. The van der Waals surface area contributed by atoms with E-state index in [9.17, 15) is 0 Å². The second-order valence-corrected chi connectivity index (χ2v) is 4.83. The van der Waals surface area contributed by atoms with Crippen molar-refractivity contribution < 1.29 is 4.74 Å². The predicted molar refractivity (Wildman–Crippen MR) is 71.1 cm³/mol. The molecule has 0 saturated carbocycles. The first-order valence-electron chi connectivity index (χ1n) is 6.05. The standard InChI is InChI=1S/C14H18ClNO/c1-11(12-5-4-6-13(15)9-12)16-10-14-7-2-3-8-17-14/h3-6,8-9,11,14,16H,2,7,10H2,1H3. The highest BCUT2D eigenvalue weighted by Gasteiger charge is 2.12. The van der Waals surface area contributed by atoms with Gasteiger partial charge in [0.25, 0.3) is 0 Å². The normalized spacial score (nSPS) is 20.9. The second kappa shape index (κ2) is 6.08. The molecule has 17 heavy (non-hydrogen) atoms. The first kappa shape index (κ1) is 12.5. The third-order valence-electron chi connectivity index (χ3n) is 3.02. The molecule has 0 radical (unpaired) electrons. The lowest BCUT2D eigenvalue weighted by Crippen LogP contribution is -2.31. The van der Waals surface area contributed by atoms with Crippen LogP contribution in [0.3, 0.4) is 0 Å². The van der Waals surface area contributed by atoms with E-state index in [1.54, 1.807) is 6.26 Å². The lowest BCUT2D eigenvalue weighted by molar-refractivity contribution is 0.120. The summed E-state index contributed by atoms with van der Waals surface area (Å²) in [6, 6.07) is 8.26. The van der Waals surface area contributed by atoms with Crippen LogP contribution in [0.5, 0.6) is 0 Å². The van der Waals surface area contributed by atoms with Gasteiger partial charge >= 0.3 is 0 Å². The summed E-state index contributed by atoms with van der Waals surface area (Å²) in [5, 5.41) is 4.26. The van der Waals surface area contributed by atoms with Gasteiger partial charge in [0.15, 0.2) is 0 Å². The molecular formula is C14H18ClNO. The SMILES string of the molecule is CC(NCC1CCC=CO1)c1cccc(Cl)c1. The van der Waals surface area contributed by atoms with Gasteiger partial charge in [0.1, 0.15) is 6.10 Å². The van der Waals surface area contributed by atoms with E-state index < -0.39 is 0 Å². The van der Waals surface area contributed by atoms with Crippen LogP contribution >= 0.6 is 11.6 Å². The zero-order valence-electron chi connectivity index (χ0n) is 10.0. The van der Waals surface area contributed by atoms with Crippen LogP contribution in [0.4, 0.5) is 0 Å². The Morgan fingerprint density at radius 3 is 3.12 bits per heavy atom. The first-order chi connectivity index (χ1) is 8.25. The summed E-state index contributed by atoms with van der Waals surface area (Å²) in [6.45, 7) is 3.02. The molecule has 0 fully saturated rings. The largest absolute Gasteiger partial charge is 0.497 e. The lowest BCUT2D eigenvalue weighted by atomic mass is 10.1. The van der Waals surface area contributed by atoms with Gasteiger partial charge in [0.05, 0.1) is 6.26 Å². The van der Waals surface area contributed by atoms with Crippen LogP contribution < -0.4 is 5.32 Å². The van der Waals surface area contributed by atoms with E-state index in [2.05, 4.69) is 24.4 Å². The highest BCUT2D eigenvalue weighted by atomic mass is 35.5. The number of allylic oxidation sites excluding steroid dienone is 1. The van der Waals surface area contributed by atoms with Crippen molar-refractivity contribution >= 4 is 11.6 Å². The Hall–Kier alpha value is -0.990. The average molecular weight is 252 g/mol. The molecule has 1 N–H and O–H groups in total. The first-order valence-corrected chi connectivity index (χ1v) is 6.43. The summed E-state index contributed by atoms with van der Waals surface area (Å²) in [5.41, 5.74) is 1.21. The Balaban J connectivity index is 1.84. The van der Waals surface area contributed by atoms with Crippen molar-refractivity contribution in [1.82, 2.24) is 5.32 Å². The molecule has 1 aromatic rings. The van der Waals surface area contributed by atoms with Crippen molar-refractivity contribution in [3.05, 3.63) is 47.2 Å². The minimum Gasteiger partial charge on any atom is -0.497 e. The molecular weight excluding hydrogens is 234 g/mol. The van der Waals surface area contributed by atoms with Gasteiger partial charge in [-0.05, 0) is 43.5 Å². The second-order valence-electron chi connectivity index (χ2n) is 4.39. The fourth-order valence-electron chi connectivity index (χ4n) is 1.94. The van der Waals surface area contributed by atoms with E-state index in [0.29, 0.717) is 12.1 Å². The number of ether oxygens (including phenoxy) is 1. The van der Waals surface area contributed by atoms with Gasteiger partial charge in [-0.15, -0.1) is 0 Å². The maximum Gasteiger partial charge on any atom is 0.110 e. The summed E-state index contributed by atoms with van der Waals surface area (Å²) in [6.07, 6.45) is 6.36. The smallest absolute Gasteiger partial charge is 0.110 e. The van der Waals surface area contributed by atoms with Crippen LogP contribution in [0.1, 0.15) is 31.4 Å². The molecule has 92 valence electrons. The predicted octanol–water partition coefficient (Wildman–Crippen LogP) is 3.68. The highest BCUT2D eigenvalue weighted by Crippen LogP contribution is 2.18. The summed E-state index contributed by atoms with van der Waals surface area (Å²) in [7, 11) is 0. The minimum absolute atomic E-state index is 0.293. The van der Waals surface area contributed by atoms with Crippen LogP contribution in [-0.4, -0.2) is 12.6 Å². The topological polar surface area (TPSA) is 21.3 Å². The number of hydrogen-bond donors (Lipinski definition) is 1. The number of rotatable bonds is 4. The van der Waals surface area contributed by atoms with Crippen LogP contribution in [0.25, 0.3) is 0 Å².